The van der Waals surface area contributed by atoms with Crippen molar-refractivity contribution >= 4 is 5.69 Å². The summed E-state index contributed by atoms with van der Waals surface area (Å²) in [5.41, 5.74) is 4.29. The SMILES string of the molecule is COc1cc2c(cc1OCc1ccccc1)CCN(c1ccccc1)C2C#N. The molecule has 1 aliphatic rings. The molecular formula is C24H22N2O2. The molecule has 4 rings (SSSR count). The molecule has 0 saturated heterocycles. The highest BCUT2D eigenvalue weighted by molar-refractivity contribution is 5.58. The molecule has 0 amide bonds. The van der Waals surface area contributed by atoms with Gasteiger partial charge in [-0.2, -0.15) is 5.26 Å². The molecule has 4 heteroatoms. The van der Waals surface area contributed by atoms with Gasteiger partial charge in [-0.15, -0.1) is 0 Å². The zero-order chi connectivity index (χ0) is 19.3. The van der Waals surface area contributed by atoms with Gasteiger partial charge < -0.3 is 14.4 Å². The molecule has 0 N–H and O–H groups in total. The van der Waals surface area contributed by atoms with Crippen LogP contribution in [0.15, 0.2) is 72.8 Å². The lowest BCUT2D eigenvalue weighted by molar-refractivity contribution is 0.283. The van der Waals surface area contributed by atoms with Gasteiger partial charge in [-0.1, -0.05) is 48.5 Å². The molecule has 1 atom stereocenters. The van der Waals surface area contributed by atoms with E-state index in [-0.39, 0.29) is 6.04 Å². The number of fused-ring (bicyclic) bond motifs is 1. The summed E-state index contributed by atoms with van der Waals surface area (Å²) in [5, 5.41) is 9.89. The van der Waals surface area contributed by atoms with Crippen LogP contribution in [0, 0.1) is 11.3 Å². The van der Waals surface area contributed by atoms with Gasteiger partial charge in [0.2, 0.25) is 0 Å². The second kappa shape index (κ2) is 8.06. The van der Waals surface area contributed by atoms with Crippen LogP contribution in [-0.4, -0.2) is 13.7 Å². The summed E-state index contributed by atoms with van der Waals surface area (Å²) in [6.45, 7) is 1.27. The maximum Gasteiger partial charge on any atom is 0.161 e. The van der Waals surface area contributed by atoms with Gasteiger partial charge in [-0.3, -0.25) is 0 Å². The molecule has 1 heterocycles. The van der Waals surface area contributed by atoms with Crippen molar-refractivity contribution in [3.05, 3.63) is 89.5 Å². The molecule has 0 aliphatic carbocycles. The van der Waals surface area contributed by atoms with Crippen LogP contribution in [-0.2, 0) is 13.0 Å². The Morgan fingerprint density at radius 1 is 1.00 bits per heavy atom. The predicted molar refractivity (Wildman–Crippen MR) is 110 cm³/mol. The van der Waals surface area contributed by atoms with Crippen LogP contribution in [0.25, 0.3) is 0 Å². The molecule has 140 valence electrons. The van der Waals surface area contributed by atoms with Crippen molar-refractivity contribution in [2.75, 3.05) is 18.6 Å². The number of rotatable bonds is 5. The van der Waals surface area contributed by atoms with Gasteiger partial charge in [0.05, 0.1) is 13.2 Å². The Hall–Kier alpha value is -3.45. The molecular weight excluding hydrogens is 348 g/mol. The van der Waals surface area contributed by atoms with Crippen LogP contribution in [0.3, 0.4) is 0 Å². The number of hydrogen-bond acceptors (Lipinski definition) is 4. The molecule has 3 aromatic rings. The van der Waals surface area contributed by atoms with Gasteiger partial charge in [0.15, 0.2) is 11.5 Å². The largest absolute Gasteiger partial charge is 0.493 e. The summed E-state index contributed by atoms with van der Waals surface area (Å²) in [5.74, 6) is 1.37. The highest BCUT2D eigenvalue weighted by Crippen LogP contribution is 2.39. The van der Waals surface area contributed by atoms with Crippen LogP contribution >= 0.6 is 0 Å². The van der Waals surface area contributed by atoms with Crippen LogP contribution in [0.2, 0.25) is 0 Å². The molecule has 1 unspecified atom stereocenters. The second-order valence-electron chi connectivity index (χ2n) is 6.79. The molecule has 0 radical (unpaired) electrons. The number of methoxy groups -OCH3 is 1. The van der Waals surface area contributed by atoms with Crippen LogP contribution in [0.5, 0.6) is 11.5 Å². The minimum absolute atomic E-state index is 0.344. The number of para-hydroxylation sites is 1. The van der Waals surface area contributed by atoms with E-state index in [1.165, 1.54) is 0 Å². The summed E-state index contributed by atoms with van der Waals surface area (Å²) in [6, 6.07) is 26.2. The van der Waals surface area contributed by atoms with Crippen molar-refractivity contribution in [1.82, 2.24) is 0 Å². The molecule has 0 spiro atoms. The summed E-state index contributed by atoms with van der Waals surface area (Å²) in [7, 11) is 1.64. The summed E-state index contributed by atoms with van der Waals surface area (Å²) >= 11 is 0. The Morgan fingerprint density at radius 2 is 1.71 bits per heavy atom. The summed E-state index contributed by atoms with van der Waals surface area (Å²) < 4.78 is 11.6. The van der Waals surface area contributed by atoms with E-state index in [0.717, 1.165) is 41.1 Å². The van der Waals surface area contributed by atoms with Crippen molar-refractivity contribution in [2.24, 2.45) is 0 Å². The minimum Gasteiger partial charge on any atom is -0.493 e. The lowest BCUT2D eigenvalue weighted by atomic mass is 9.92. The quantitative estimate of drug-likeness (QED) is 0.641. The van der Waals surface area contributed by atoms with Gasteiger partial charge in [-0.05, 0) is 47.4 Å². The van der Waals surface area contributed by atoms with E-state index in [4.69, 9.17) is 9.47 Å². The van der Waals surface area contributed by atoms with E-state index < -0.39 is 0 Å². The molecule has 1 aliphatic heterocycles. The number of anilines is 1. The summed E-state index contributed by atoms with van der Waals surface area (Å²) in [6.07, 6.45) is 0.855. The molecule has 3 aromatic carbocycles. The fourth-order valence-corrected chi connectivity index (χ4v) is 3.67. The molecule has 28 heavy (non-hydrogen) atoms. The van der Waals surface area contributed by atoms with Crippen molar-refractivity contribution in [3.63, 3.8) is 0 Å². The molecule has 0 fully saturated rings. The van der Waals surface area contributed by atoms with E-state index in [2.05, 4.69) is 11.0 Å². The highest BCUT2D eigenvalue weighted by Gasteiger charge is 2.29. The molecule has 4 nitrogen and oxygen atoms in total. The Bertz CT molecular complexity index is 981. The number of nitrogens with zero attached hydrogens (tertiary/aromatic N) is 2. The minimum atomic E-state index is -0.344. The van der Waals surface area contributed by atoms with Crippen molar-refractivity contribution < 1.29 is 9.47 Å². The van der Waals surface area contributed by atoms with Crippen LogP contribution < -0.4 is 14.4 Å². The van der Waals surface area contributed by atoms with Gasteiger partial charge in [0.1, 0.15) is 12.6 Å². The molecule has 0 bridgehead atoms. The maximum absolute atomic E-state index is 9.89. The van der Waals surface area contributed by atoms with E-state index in [1.807, 2.05) is 72.8 Å². The second-order valence-corrected chi connectivity index (χ2v) is 6.79. The number of benzene rings is 3. The number of hydrogen-bond donors (Lipinski definition) is 0. The monoisotopic (exact) mass is 370 g/mol. The van der Waals surface area contributed by atoms with Gasteiger partial charge in [0, 0.05) is 12.2 Å². The van der Waals surface area contributed by atoms with Crippen molar-refractivity contribution in [2.45, 2.75) is 19.1 Å². The van der Waals surface area contributed by atoms with E-state index in [9.17, 15) is 5.26 Å². The Kier molecular flexibility index (Phi) is 5.16. The third-order valence-electron chi connectivity index (χ3n) is 5.10. The Morgan fingerprint density at radius 3 is 2.39 bits per heavy atom. The van der Waals surface area contributed by atoms with Gasteiger partial charge in [0.25, 0.3) is 0 Å². The summed E-state index contributed by atoms with van der Waals surface area (Å²) in [4.78, 5) is 2.15. The number of ether oxygens (including phenoxy) is 2. The first-order valence-electron chi connectivity index (χ1n) is 9.39. The average molecular weight is 370 g/mol. The van der Waals surface area contributed by atoms with Crippen molar-refractivity contribution in [1.29, 1.82) is 5.26 Å². The van der Waals surface area contributed by atoms with E-state index in [1.54, 1.807) is 7.11 Å². The Balaban J connectivity index is 1.64. The smallest absolute Gasteiger partial charge is 0.161 e. The van der Waals surface area contributed by atoms with Crippen LogP contribution in [0.1, 0.15) is 22.7 Å². The Labute approximate surface area is 165 Å². The van der Waals surface area contributed by atoms with Gasteiger partial charge in [-0.25, -0.2) is 0 Å². The zero-order valence-corrected chi connectivity index (χ0v) is 15.8. The highest BCUT2D eigenvalue weighted by atomic mass is 16.5. The zero-order valence-electron chi connectivity index (χ0n) is 15.8. The first kappa shape index (κ1) is 17.9. The van der Waals surface area contributed by atoms with Crippen LogP contribution in [0.4, 0.5) is 5.69 Å². The normalized spacial score (nSPS) is 15.4. The first-order chi connectivity index (χ1) is 13.8. The fourth-order valence-electron chi connectivity index (χ4n) is 3.67. The lowest BCUT2D eigenvalue weighted by Gasteiger charge is -2.35. The third kappa shape index (κ3) is 3.52. The lowest BCUT2D eigenvalue weighted by Crippen LogP contribution is -2.34. The number of nitriles is 1. The average Bonchev–Trinajstić information content (AvgIpc) is 2.77. The standard InChI is InChI=1S/C24H22N2O2/c1-27-23-15-21-19(14-24(23)28-17-18-8-4-2-5-9-18)12-13-26(22(21)16-25)20-10-6-3-7-11-20/h2-11,14-15,22H,12-13,17H2,1H3. The van der Waals surface area contributed by atoms with E-state index >= 15 is 0 Å². The maximum atomic E-state index is 9.89. The third-order valence-corrected chi connectivity index (χ3v) is 5.10. The van der Waals surface area contributed by atoms with Crippen molar-refractivity contribution in [3.8, 4) is 17.6 Å². The topological polar surface area (TPSA) is 45.5 Å². The van der Waals surface area contributed by atoms with Gasteiger partial charge >= 0.3 is 0 Å². The molecule has 0 saturated carbocycles. The fraction of sp³-hybridized carbons (Fsp3) is 0.208. The molecule has 0 aromatic heterocycles. The first-order valence-corrected chi connectivity index (χ1v) is 9.39. The predicted octanol–water partition coefficient (Wildman–Crippen LogP) is 4.90. The van der Waals surface area contributed by atoms with E-state index in [0.29, 0.717) is 12.4 Å².